The fourth-order valence-electron chi connectivity index (χ4n) is 5.34. The molecule has 0 saturated carbocycles. The number of rotatable bonds is 1. The summed E-state index contributed by atoms with van der Waals surface area (Å²) in [6.45, 7) is 0. The summed E-state index contributed by atoms with van der Waals surface area (Å²) in [4.78, 5) is 0. The van der Waals surface area contributed by atoms with Crippen molar-refractivity contribution in [2.24, 2.45) is 0 Å². The van der Waals surface area contributed by atoms with Crippen molar-refractivity contribution in [3.8, 4) is 11.1 Å². The second-order valence-electron chi connectivity index (χ2n) is 9.15. The summed E-state index contributed by atoms with van der Waals surface area (Å²) in [5, 5.41) is 13.0. The van der Waals surface area contributed by atoms with Gasteiger partial charge in [-0.25, -0.2) is 0 Å². The van der Waals surface area contributed by atoms with Crippen LogP contribution in [0.25, 0.3) is 65.0 Å². The van der Waals surface area contributed by atoms with Crippen LogP contribution in [0.4, 0.5) is 0 Å². The Kier molecular flexibility index (Phi) is 7.61. The van der Waals surface area contributed by atoms with Gasteiger partial charge in [0.2, 0.25) is 0 Å². The van der Waals surface area contributed by atoms with E-state index in [1.54, 1.807) is 0 Å². The first-order valence-corrected chi connectivity index (χ1v) is 11.5. The summed E-state index contributed by atoms with van der Waals surface area (Å²) in [6, 6.07) is 42.7. The molecule has 0 nitrogen and oxygen atoms in total. The van der Waals surface area contributed by atoms with Gasteiger partial charge in [0.15, 0.2) is 0 Å². The van der Waals surface area contributed by atoms with Gasteiger partial charge in [0.1, 0.15) is 7.85 Å². The van der Waals surface area contributed by atoms with Crippen LogP contribution in [0.5, 0.6) is 0 Å². The lowest BCUT2D eigenvalue weighted by molar-refractivity contribution is 1.69. The Morgan fingerprint density at radius 2 is 0.889 bits per heavy atom. The van der Waals surface area contributed by atoms with Gasteiger partial charge in [-0.15, -0.1) is 50.9 Å². The fraction of sp³-hybridized carbons (Fsp3) is 0. The zero-order valence-electron chi connectivity index (χ0n) is 19.7. The molecule has 0 bridgehead atoms. The summed E-state index contributed by atoms with van der Waals surface area (Å²) in [5.74, 6) is 0. The summed E-state index contributed by atoms with van der Waals surface area (Å²) in [7, 11) is 2.16. The monoisotopic (exact) mass is 656 g/mol. The zero-order valence-corrected chi connectivity index (χ0v) is 24.8. The topological polar surface area (TPSA) is 0 Å². The lowest BCUT2D eigenvalue weighted by atomic mass is 9.89. The van der Waals surface area contributed by atoms with Gasteiger partial charge in [0.25, 0.3) is 0 Å². The molecule has 0 aromatic heterocycles. The number of benzene rings is 7. The molecule has 176 valence electrons. The molecule has 0 saturated heterocycles. The van der Waals surface area contributed by atoms with Gasteiger partial charge in [-0.1, -0.05) is 84.3 Å². The second kappa shape index (κ2) is 10.4. The number of hydrogen-bond donors (Lipinski definition) is 0. The molecule has 0 unspecified atom stereocenters. The van der Waals surface area contributed by atoms with E-state index in [1.807, 2.05) is 0 Å². The van der Waals surface area contributed by atoms with Gasteiger partial charge in [-0.3, -0.25) is 0 Å². The van der Waals surface area contributed by atoms with Crippen LogP contribution in [0.3, 0.4) is 0 Å². The largest absolute Gasteiger partial charge is 0.139 e. The lowest BCUT2D eigenvalue weighted by Gasteiger charge is -2.12. The summed E-state index contributed by atoms with van der Waals surface area (Å²) < 4.78 is 0. The van der Waals surface area contributed by atoms with Crippen molar-refractivity contribution < 1.29 is 0 Å². The SMILES string of the molecule is Bc1cccc(-c2cccc3cc4ccc5cc6cc7ccccc7cc6cc5c4cc23)c1.Br.Br.Br. The molecule has 4 heteroatoms. The number of fused-ring (bicyclic) bond motifs is 6. The van der Waals surface area contributed by atoms with Crippen molar-refractivity contribution in [2.45, 2.75) is 0 Å². The van der Waals surface area contributed by atoms with E-state index in [9.17, 15) is 0 Å². The van der Waals surface area contributed by atoms with E-state index in [1.165, 1.54) is 70.5 Å². The normalized spacial score (nSPS) is 10.8. The highest BCUT2D eigenvalue weighted by molar-refractivity contribution is 8.93. The molecule has 0 spiro atoms. The first-order chi connectivity index (χ1) is 16.2. The van der Waals surface area contributed by atoms with E-state index in [-0.39, 0.29) is 50.9 Å². The number of hydrogen-bond acceptors (Lipinski definition) is 0. The first kappa shape index (κ1) is 26.4. The van der Waals surface area contributed by atoms with Gasteiger partial charge >= 0.3 is 0 Å². The minimum atomic E-state index is 0. The van der Waals surface area contributed by atoms with Crippen LogP contribution in [0.1, 0.15) is 0 Å². The average Bonchev–Trinajstić information content (AvgIpc) is 2.84. The maximum absolute atomic E-state index is 2.40. The maximum Gasteiger partial charge on any atom is 0.139 e. The van der Waals surface area contributed by atoms with Gasteiger partial charge in [-0.2, -0.15) is 0 Å². The van der Waals surface area contributed by atoms with Crippen LogP contribution in [0, 0.1) is 0 Å². The highest BCUT2D eigenvalue weighted by Gasteiger charge is 2.09. The minimum Gasteiger partial charge on any atom is -0.114 e. The van der Waals surface area contributed by atoms with Gasteiger partial charge in [-0.05, 0) is 101 Å². The molecule has 0 N–H and O–H groups in total. The van der Waals surface area contributed by atoms with E-state index >= 15 is 0 Å². The molecule has 0 heterocycles. The van der Waals surface area contributed by atoms with Crippen LogP contribution < -0.4 is 5.46 Å². The quantitative estimate of drug-likeness (QED) is 0.0938. The molecule has 0 aliphatic rings. The van der Waals surface area contributed by atoms with E-state index in [0.717, 1.165) is 0 Å². The first-order valence-electron chi connectivity index (χ1n) is 11.5. The fourth-order valence-corrected chi connectivity index (χ4v) is 5.34. The van der Waals surface area contributed by atoms with Crippen molar-refractivity contribution in [3.63, 3.8) is 0 Å². The molecule has 0 atom stereocenters. The molecule has 7 rings (SSSR count). The highest BCUT2D eigenvalue weighted by atomic mass is 79.9. The van der Waals surface area contributed by atoms with Gasteiger partial charge < -0.3 is 0 Å². The molecular weight excluding hydrogens is 635 g/mol. The van der Waals surface area contributed by atoms with Crippen LogP contribution in [-0.2, 0) is 0 Å². The molecule has 0 aliphatic carbocycles. The van der Waals surface area contributed by atoms with Crippen molar-refractivity contribution in [1.82, 2.24) is 0 Å². The molecule has 0 radical (unpaired) electrons. The third-order valence-electron chi connectivity index (χ3n) is 6.99. The van der Waals surface area contributed by atoms with Crippen LogP contribution in [0.2, 0.25) is 0 Å². The Hall–Kier alpha value is -2.66. The third kappa shape index (κ3) is 4.36. The Balaban J connectivity index is 0.00000101. The predicted octanol–water partition coefficient (Wildman–Crippen LogP) is 9.11. The third-order valence-corrected chi connectivity index (χ3v) is 6.99. The average molecular weight is 659 g/mol. The molecule has 0 aliphatic heterocycles. The van der Waals surface area contributed by atoms with Gasteiger partial charge in [0.05, 0.1) is 0 Å². The Morgan fingerprint density at radius 3 is 1.58 bits per heavy atom. The van der Waals surface area contributed by atoms with Crippen LogP contribution in [-0.4, -0.2) is 7.85 Å². The van der Waals surface area contributed by atoms with Crippen molar-refractivity contribution in [2.75, 3.05) is 0 Å². The number of halogens is 3. The predicted molar refractivity (Wildman–Crippen MR) is 179 cm³/mol. The molecule has 0 amide bonds. The van der Waals surface area contributed by atoms with Gasteiger partial charge in [0, 0.05) is 0 Å². The second-order valence-corrected chi connectivity index (χ2v) is 9.15. The Labute approximate surface area is 243 Å². The van der Waals surface area contributed by atoms with E-state index < -0.39 is 0 Å². The lowest BCUT2D eigenvalue weighted by Crippen LogP contribution is -2.00. The summed E-state index contributed by atoms with van der Waals surface area (Å²) in [5.41, 5.74) is 3.86. The minimum absolute atomic E-state index is 0. The summed E-state index contributed by atoms with van der Waals surface area (Å²) >= 11 is 0. The Morgan fingerprint density at radius 1 is 0.361 bits per heavy atom. The molecule has 0 fully saturated rings. The molecule has 7 aromatic carbocycles. The molecular formula is C32H24BBr3. The van der Waals surface area contributed by atoms with E-state index in [2.05, 4.69) is 123 Å². The van der Waals surface area contributed by atoms with Crippen molar-refractivity contribution in [3.05, 3.63) is 115 Å². The zero-order chi connectivity index (χ0) is 21.9. The smallest absolute Gasteiger partial charge is 0.114 e. The highest BCUT2D eigenvalue weighted by Crippen LogP contribution is 2.36. The molecule has 36 heavy (non-hydrogen) atoms. The Bertz CT molecular complexity index is 1890. The maximum atomic E-state index is 2.40. The van der Waals surface area contributed by atoms with Crippen molar-refractivity contribution in [1.29, 1.82) is 0 Å². The summed E-state index contributed by atoms with van der Waals surface area (Å²) in [6.07, 6.45) is 0. The molecule has 7 aromatic rings. The van der Waals surface area contributed by atoms with Crippen molar-refractivity contribution >= 4 is 118 Å². The van der Waals surface area contributed by atoms with E-state index in [4.69, 9.17) is 0 Å². The van der Waals surface area contributed by atoms with Crippen LogP contribution >= 0.6 is 50.9 Å². The van der Waals surface area contributed by atoms with E-state index in [0.29, 0.717) is 0 Å². The standard InChI is InChI=1S/C32H21B.3BrH/c33-28-9-3-7-23(17-28)29-10-4-8-22-15-24-11-12-25-16-26-13-20-5-1-2-6-21(20)14-27(26)18-30(25)32(24)19-31(22)29;;;/h1-19H,33H2;3*1H. The van der Waals surface area contributed by atoms with Crippen LogP contribution in [0.15, 0.2) is 115 Å².